The van der Waals surface area contributed by atoms with Gasteiger partial charge >= 0.3 is 6.03 Å². The number of benzene rings is 2. The van der Waals surface area contributed by atoms with Crippen LogP contribution in [-0.2, 0) is 15.1 Å². The number of carbonyl (C=O) groups excluding carboxylic acids is 4. The first-order valence-electron chi connectivity index (χ1n) is 10.1. The van der Waals surface area contributed by atoms with Gasteiger partial charge in [0.05, 0.1) is 13.2 Å². The van der Waals surface area contributed by atoms with Crippen LogP contribution in [0, 0.1) is 5.92 Å². The highest BCUT2D eigenvalue weighted by molar-refractivity contribution is 6.11. The Kier molecular flexibility index (Phi) is 5.22. The molecule has 0 radical (unpaired) electrons. The third-order valence-electron chi connectivity index (χ3n) is 5.56. The van der Waals surface area contributed by atoms with Crippen molar-refractivity contribution in [2.75, 3.05) is 18.5 Å². The molecule has 1 fully saturated rings. The summed E-state index contributed by atoms with van der Waals surface area (Å²) in [5, 5.41) is 5.53. The molecule has 8 nitrogen and oxygen atoms in total. The van der Waals surface area contributed by atoms with Gasteiger partial charge in [-0.15, -0.1) is 0 Å². The standard InChI is InChI=1S/C23H23N3O5/c1-14(2)20(28)24-16-9-7-15(8-10-16)18(27)13-26-21(29)23(25-22(26)30)11-12-31-19-6-4-3-5-17(19)23/h3-10,14H,11-13H2,1-2H3,(H,24,28)(H,25,30)/t23-/m0/s1. The molecule has 2 aliphatic heterocycles. The minimum Gasteiger partial charge on any atom is -0.493 e. The normalized spacial score (nSPS) is 19.8. The summed E-state index contributed by atoms with van der Waals surface area (Å²) >= 11 is 0. The zero-order valence-electron chi connectivity index (χ0n) is 17.3. The predicted octanol–water partition coefficient (Wildman–Crippen LogP) is 2.69. The van der Waals surface area contributed by atoms with E-state index in [1.165, 1.54) is 0 Å². The van der Waals surface area contributed by atoms with Crippen molar-refractivity contribution in [2.24, 2.45) is 5.92 Å². The largest absolute Gasteiger partial charge is 0.493 e. The van der Waals surface area contributed by atoms with Gasteiger partial charge in [0.15, 0.2) is 11.3 Å². The van der Waals surface area contributed by atoms with Crippen molar-refractivity contribution < 1.29 is 23.9 Å². The molecule has 1 spiro atoms. The van der Waals surface area contributed by atoms with Crippen molar-refractivity contribution >= 4 is 29.3 Å². The van der Waals surface area contributed by atoms with Gasteiger partial charge in [0.2, 0.25) is 5.91 Å². The van der Waals surface area contributed by atoms with Gasteiger partial charge in [-0.2, -0.15) is 0 Å². The second kappa shape index (κ2) is 7.86. The lowest BCUT2D eigenvalue weighted by atomic mass is 9.84. The Bertz CT molecular complexity index is 1060. The number of urea groups is 1. The molecule has 2 aliphatic rings. The van der Waals surface area contributed by atoms with E-state index in [4.69, 9.17) is 4.74 Å². The average molecular weight is 421 g/mol. The monoisotopic (exact) mass is 421 g/mol. The number of amides is 4. The van der Waals surface area contributed by atoms with E-state index in [1.807, 2.05) is 0 Å². The van der Waals surface area contributed by atoms with Crippen LogP contribution in [0.4, 0.5) is 10.5 Å². The minimum absolute atomic E-state index is 0.125. The van der Waals surface area contributed by atoms with Crippen LogP contribution in [0.2, 0.25) is 0 Å². The minimum atomic E-state index is -1.21. The molecule has 0 aromatic heterocycles. The molecule has 1 atom stereocenters. The molecule has 2 N–H and O–H groups in total. The molecule has 2 aromatic carbocycles. The van der Waals surface area contributed by atoms with Crippen molar-refractivity contribution in [3.63, 3.8) is 0 Å². The average Bonchev–Trinajstić information content (AvgIpc) is 2.99. The van der Waals surface area contributed by atoms with Crippen LogP contribution in [0.5, 0.6) is 5.75 Å². The first-order valence-corrected chi connectivity index (χ1v) is 10.1. The molecule has 2 heterocycles. The van der Waals surface area contributed by atoms with Gasteiger partial charge < -0.3 is 15.4 Å². The highest BCUT2D eigenvalue weighted by atomic mass is 16.5. The van der Waals surface area contributed by atoms with Crippen LogP contribution in [0.3, 0.4) is 0 Å². The molecule has 2 aromatic rings. The number of anilines is 1. The van der Waals surface area contributed by atoms with Crippen LogP contribution in [-0.4, -0.2) is 41.7 Å². The molecule has 4 rings (SSSR count). The maximum absolute atomic E-state index is 13.2. The number of nitrogens with one attached hydrogen (secondary N) is 2. The van der Waals surface area contributed by atoms with Crippen molar-refractivity contribution in [1.29, 1.82) is 0 Å². The van der Waals surface area contributed by atoms with E-state index in [1.54, 1.807) is 62.4 Å². The highest BCUT2D eigenvalue weighted by Crippen LogP contribution is 2.40. The summed E-state index contributed by atoms with van der Waals surface area (Å²) in [6.07, 6.45) is 0.295. The van der Waals surface area contributed by atoms with Crippen LogP contribution in [0.25, 0.3) is 0 Å². The zero-order valence-corrected chi connectivity index (χ0v) is 17.3. The third-order valence-corrected chi connectivity index (χ3v) is 5.56. The molecule has 160 valence electrons. The van der Waals surface area contributed by atoms with Crippen molar-refractivity contribution in [3.8, 4) is 5.75 Å². The van der Waals surface area contributed by atoms with Gasteiger partial charge in [-0.1, -0.05) is 32.0 Å². The van der Waals surface area contributed by atoms with E-state index in [0.29, 0.717) is 29.0 Å². The quantitative estimate of drug-likeness (QED) is 0.571. The Labute approximate surface area is 179 Å². The van der Waals surface area contributed by atoms with Gasteiger partial charge in [-0.3, -0.25) is 19.3 Å². The van der Waals surface area contributed by atoms with Gasteiger partial charge in [0, 0.05) is 29.2 Å². The van der Waals surface area contributed by atoms with Gasteiger partial charge in [0.25, 0.3) is 5.91 Å². The van der Waals surface area contributed by atoms with E-state index in [0.717, 1.165) is 4.90 Å². The smallest absolute Gasteiger partial charge is 0.325 e. The lowest BCUT2D eigenvalue weighted by Gasteiger charge is -2.33. The maximum atomic E-state index is 13.2. The van der Waals surface area contributed by atoms with Crippen molar-refractivity contribution in [1.82, 2.24) is 10.2 Å². The van der Waals surface area contributed by atoms with E-state index in [-0.39, 0.29) is 30.8 Å². The lowest BCUT2D eigenvalue weighted by molar-refractivity contribution is -0.132. The van der Waals surface area contributed by atoms with Gasteiger partial charge in [-0.25, -0.2) is 4.79 Å². The number of nitrogens with zero attached hydrogens (tertiary/aromatic N) is 1. The molecule has 31 heavy (non-hydrogen) atoms. The van der Waals surface area contributed by atoms with E-state index in [9.17, 15) is 19.2 Å². The number of imide groups is 1. The Hall–Kier alpha value is -3.68. The number of rotatable bonds is 5. The molecular weight excluding hydrogens is 398 g/mol. The second-order valence-corrected chi connectivity index (χ2v) is 7.97. The number of Topliss-reactive ketones (excluding diaryl/α,β-unsaturated/α-hetero) is 1. The molecule has 0 bridgehead atoms. The molecule has 0 unspecified atom stereocenters. The fourth-order valence-electron chi connectivity index (χ4n) is 3.78. The third kappa shape index (κ3) is 3.65. The Morgan fingerprint density at radius 1 is 1.13 bits per heavy atom. The summed E-state index contributed by atoms with van der Waals surface area (Å²) in [6, 6.07) is 12.9. The van der Waals surface area contributed by atoms with Crippen LogP contribution in [0.1, 0.15) is 36.2 Å². The Morgan fingerprint density at radius 2 is 1.84 bits per heavy atom. The first-order chi connectivity index (χ1) is 14.8. The summed E-state index contributed by atoms with van der Waals surface area (Å²) in [6.45, 7) is 3.49. The summed E-state index contributed by atoms with van der Waals surface area (Å²) in [4.78, 5) is 51.4. The second-order valence-electron chi connectivity index (χ2n) is 7.97. The van der Waals surface area contributed by atoms with E-state index >= 15 is 0 Å². The summed E-state index contributed by atoms with van der Waals surface area (Å²) in [7, 11) is 0. The van der Waals surface area contributed by atoms with Crippen molar-refractivity contribution in [3.05, 3.63) is 59.7 Å². The van der Waals surface area contributed by atoms with Crippen molar-refractivity contribution in [2.45, 2.75) is 25.8 Å². The van der Waals surface area contributed by atoms with Gasteiger partial charge in [0.1, 0.15) is 5.75 Å². The summed E-state index contributed by atoms with van der Waals surface area (Å²) in [5.74, 6) is -0.566. The highest BCUT2D eigenvalue weighted by Gasteiger charge is 2.55. The summed E-state index contributed by atoms with van der Waals surface area (Å²) < 4.78 is 5.61. The number of ether oxygens (including phenoxy) is 1. The molecule has 0 saturated carbocycles. The molecule has 8 heteroatoms. The molecule has 4 amide bonds. The number of fused-ring (bicyclic) bond motifs is 2. The van der Waals surface area contributed by atoms with Crippen LogP contribution < -0.4 is 15.4 Å². The van der Waals surface area contributed by atoms with E-state index < -0.39 is 17.5 Å². The number of hydrogen-bond donors (Lipinski definition) is 2. The first kappa shape index (κ1) is 20.6. The predicted molar refractivity (Wildman–Crippen MR) is 113 cm³/mol. The maximum Gasteiger partial charge on any atom is 0.325 e. The van der Waals surface area contributed by atoms with Gasteiger partial charge in [-0.05, 0) is 30.3 Å². The summed E-state index contributed by atoms with van der Waals surface area (Å²) in [5.41, 5.74) is 0.302. The molecular formula is C23H23N3O5. The SMILES string of the molecule is CC(C)C(=O)Nc1ccc(C(=O)CN2C(=O)N[C@]3(CCOc4ccccc43)C2=O)cc1. The molecule has 0 aliphatic carbocycles. The number of para-hydroxylation sites is 1. The topological polar surface area (TPSA) is 105 Å². The number of hydrogen-bond acceptors (Lipinski definition) is 5. The lowest BCUT2D eigenvalue weighted by Crippen LogP contribution is -2.47. The van der Waals surface area contributed by atoms with Crippen LogP contribution in [0.15, 0.2) is 48.5 Å². The number of ketones is 1. The fourth-order valence-corrected chi connectivity index (χ4v) is 3.78. The zero-order chi connectivity index (χ0) is 22.2. The fraction of sp³-hybridized carbons (Fsp3) is 0.304. The van der Waals surface area contributed by atoms with Crippen LogP contribution >= 0.6 is 0 Å². The van der Waals surface area contributed by atoms with E-state index in [2.05, 4.69) is 10.6 Å². The number of carbonyl (C=O) groups is 4. The Balaban J connectivity index is 1.50. The Morgan fingerprint density at radius 3 is 2.55 bits per heavy atom. The molecule has 1 saturated heterocycles.